The van der Waals surface area contributed by atoms with Crippen LogP contribution >= 0.6 is 23.4 Å². The molecular weight excluding hydrogens is 286 g/mol. The van der Waals surface area contributed by atoms with E-state index in [-0.39, 0.29) is 0 Å². The second-order valence-electron chi connectivity index (χ2n) is 6.40. The Morgan fingerprint density at radius 2 is 2.15 bits per heavy atom. The number of hydrogen-bond donors (Lipinski definition) is 1. The van der Waals surface area contributed by atoms with E-state index < -0.39 is 0 Å². The van der Waals surface area contributed by atoms with Crippen LogP contribution < -0.4 is 5.32 Å². The van der Waals surface area contributed by atoms with E-state index in [4.69, 9.17) is 11.6 Å². The Labute approximate surface area is 131 Å². The smallest absolute Gasteiger partial charge is 0.0541 e. The summed E-state index contributed by atoms with van der Waals surface area (Å²) >= 11 is 8.12. The fourth-order valence-electron chi connectivity index (χ4n) is 4.05. The Kier molecular flexibility index (Phi) is 4.95. The lowest BCUT2D eigenvalue weighted by molar-refractivity contribution is 0.290. The summed E-state index contributed by atoms with van der Waals surface area (Å²) in [5, 5.41) is 4.40. The van der Waals surface area contributed by atoms with Crippen LogP contribution in [0.2, 0.25) is 5.02 Å². The van der Waals surface area contributed by atoms with Gasteiger partial charge in [0.2, 0.25) is 0 Å². The second kappa shape index (κ2) is 6.72. The molecule has 1 aromatic rings. The van der Waals surface area contributed by atoms with E-state index in [2.05, 4.69) is 24.5 Å². The van der Waals surface area contributed by atoms with Crippen LogP contribution in [-0.2, 0) is 0 Å². The van der Waals surface area contributed by atoms with Crippen molar-refractivity contribution in [2.45, 2.75) is 43.0 Å². The van der Waals surface area contributed by atoms with Gasteiger partial charge in [0, 0.05) is 16.7 Å². The zero-order valence-electron chi connectivity index (χ0n) is 12.1. The third kappa shape index (κ3) is 3.35. The lowest BCUT2D eigenvalue weighted by Gasteiger charge is -2.26. The minimum atomic E-state index is 0.612. The van der Waals surface area contributed by atoms with Gasteiger partial charge in [-0.3, -0.25) is 0 Å². The Hall–Kier alpha value is -0.180. The van der Waals surface area contributed by atoms with Crippen LogP contribution in [0.4, 0.5) is 0 Å². The summed E-state index contributed by atoms with van der Waals surface area (Å²) in [6.07, 6.45) is 7.33. The third-order valence-corrected chi connectivity index (χ3v) is 6.83. The van der Waals surface area contributed by atoms with E-state index in [9.17, 15) is 0 Å². The summed E-state index contributed by atoms with van der Waals surface area (Å²) < 4.78 is 0. The standard InChI is InChI=1S/C17H24ClNS/c1-19-15(10-14-9-12-6-7-13(14)8-12)11-20-17-5-3-2-4-16(17)18/h2-5,12-15,19H,6-11H2,1H3. The first-order valence-corrected chi connectivity index (χ1v) is 9.17. The van der Waals surface area contributed by atoms with Crippen molar-refractivity contribution >= 4 is 23.4 Å². The number of benzene rings is 1. The Morgan fingerprint density at radius 3 is 2.80 bits per heavy atom. The minimum Gasteiger partial charge on any atom is -0.316 e. The molecule has 1 N–H and O–H groups in total. The largest absolute Gasteiger partial charge is 0.316 e. The minimum absolute atomic E-state index is 0.612. The highest BCUT2D eigenvalue weighted by atomic mass is 35.5. The van der Waals surface area contributed by atoms with Crippen molar-refractivity contribution in [2.24, 2.45) is 17.8 Å². The number of fused-ring (bicyclic) bond motifs is 2. The van der Waals surface area contributed by atoms with Crippen LogP contribution in [0.15, 0.2) is 29.2 Å². The summed E-state index contributed by atoms with van der Waals surface area (Å²) in [4.78, 5) is 1.21. The quantitative estimate of drug-likeness (QED) is 0.754. The summed E-state index contributed by atoms with van der Waals surface area (Å²) in [5.41, 5.74) is 0. The average Bonchev–Trinajstić information content (AvgIpc) is 3.07. The fourth-order valence-corrected chi connectivity index (χ4v) is 5.42. The van der Waals surface area contributed by atoms with Crippen molar-refractivity contribution in [2.75, 3.05) is 12.8 Å². The predicted molar refractivity (Wildman–Crippen MR) is 88.6 cm³/mol. The number of rotatable bonds is 6. The van der Waals surface area contributed by atoms with Gasteiger partial charge in [-0.2, -0.15) is 0 Å². The SMILES string of the molecule is CNC(CSc1ccccc1Cl)CC1CC2CCC1C2. The molecule has 2 aliphatic rings. The summed E-state index contributed by atoms with van der Waals surface area (Å²) in [6.45, 7) is 0. The Morgan fingerprint density at radius 1 is 1.30 bits per heavy atom. The molecule has 4 atom stereocenters. The summed E-state index contributed by atoms with van der Waals surface area (Å²) in [7, 11) is 2.10. The topological polar surface area (TPSA) is 12.0 Å². The molecule has 0 aliphatic heterocycles. The monoisotopic (exact) mass is 309 g/mol. The van der Waals surface area contributed by atoms with Crippen molar-refractivity contribution in [3.8, 4) is 0 Å². The van der Waals surface area contributed by atoms with Crippen LogP contribution in [0.3, 0.4) is 0 Å². The molecule has 0 amide bonds. The van der Waals surface area contributed by atoms with Crippen LogP contribution in [0.1, 0.15) is 32.1 Å². The maximum atomic E-state index is 6.23. The van der Waals surface area contributed by atoms with E-state index in [0.717, 1.165) is 28.5 Å². The molecule has 2 fully saturated rings. The highest BCUT2D eigenvalue weighted by Gasteiger charge is 2.39. The zero-order chi connectivity index (χ0) is 13.9. The molecule has 0 radical (unpaired) electrons. The normalized spacial score (nSPS) is 29.8. The van der Waals surface area contributed by atoms with Gasteiger partial charge in [0.25, 0.3) is 0 Å². The highest BCUT2D eigenvalue weighted by molar-refractivity contribution is 7.99. The lowest BCUT2D eigenvalue weighted by atomic mass is 9.84. The zero-order valence-corrected chi connectivity index (χ0v) is 13.7. The van der Waals surface area contributed by atoms with Gasteiger partial charge in [-0.15, -0.1) is 11.8 Å². The van der Waals surface area contributed by atoms with Crippen LogP contribution in [-0.4, -0.2) is 18.8 Å². The number of nitrogens with one attached hydrogen (secondary N) is 1. The van der Waals surface area contributed by atoms with Crippen LogP contribution in [0.25, 0.3) is 0 Å². The van der Waals surface area contributed by atoms with Gasteiger partial charge < -0.3 is 5.32 Å². The Bertz CT molecular complexity index is 450. The molecule has 0 spiro atoms. The van der Waals surface area contributed by atoms with E-state index >= 15 is 0 Å². The first-order chi connectivity index (χ1) is 9.76. The van der Waals surface area contributed by atoms with E-state index in [1.54, 1.807) is 0 Å². The molecule has 2 aliphatic carbocycles. The van der Waals surface area contributed by atoms with E-state index in [1.165, 1.54) is 37.0 Å². The predicted octanol–water partition coefficient (Wildman–Crippen LogP) is 4.85. The molecule has 0 heterocycles. The van der Waals surface area contributed by atoms with Gasteiger partial charge in [0.1, 0.15) is 0 Å². The molecule has 1 aromatic carbocycles. The maximum absolute atomic E-state index is 6.23. The average molecular weight is 310 g/mol. The molecule has 20 heavy (non-hydrogen) atoms. The molecule has 110 valence electrons. The lowest BCUT2D eigenvalue weighted by Crippen LogP contribution is -2.31. The van der Waals surface area contributed by atoms with Gasteiger partial charge >= 0.3 is 0 Å². The van der Waals surface area contributed by atoms with Crippen molar-refractivity contribution in [3.63, 3.8) is 0 Å². The van der Waals surface area contributed by atoms with Crippen molar-refractivity contribution in [3.05, 3.63) is 29.3 Å². The van der Waals surface area contributed by atoms with Crippen molar-refractivity contribution in [1.29, 1.82) is 0 Å². The van der Waals surface area contributed by atoms with E-state index in [1.807, 2.05) is 23.9 Å². The fraction of sp³-hybridized carbons (Fsp3) is 0.647. The highest BCUT2D eigenvalue weighted by Crippen LogP contribution is 2.50. The van der Waals surface area contributed by atoms with Gasteiger partial charge in [0.05, 0.1) is 5.02 Å². The molecular formula is C17H24ClNS. The van der Waals surface area contributed by atoms with Gasteiger partial charge in [-0.05, 0) is 62.6 Å². The molecule has 3 heteroatoms. The molecule has 0 saturated heterocycles. The van der Waals surface area contributed by atoms with Gasteiger partial charge in [-0.25, -0.2) is 0 Å². The molecule has 2 saturated carbocycles. The van der Waals surface area contributed by atoms with Crippen LogP contribution in [0, 0.1) is 17.8 Å². The van der Waals surface area contributed by atoms with Crippen LogP contribution in [0.5, 0.6) is 0 Å². The first-order valence-electron chi connectivity index (χ1n) is 7.81. The number of thioether (sulfide) groups is 1. The molecule has 4 unspecified atom stereocenters. The molecule has 3 rings (SSSR count). The summed E-state index contributed by atoms with van der Waals surface area (Å²) in [5.74, 6) is 4.17. The Balaban J connectivity index is 1.51. The number of hydrogen-bond acceptors (Lipinski definition) is 2. The molecule has 0 aromatic heterocycles. The first kappa shape index (κ1) is 14.7. The van der Waals surface area contributed by atoms with E-state index in [0.29, 0.717) is 6.04 Å². The second-order valence-corrected chi connectivity index (χ2v) is 7.87. The molecule has 1 nitrogen and oxygen atoms in total. The summed E-state index contributed by atoms with van der Waals surface area (Å²) in [6, 6.07) is 8.78. The van der Waals surface area contributed by atoms with Crippen molar-refractivity contribution in [1.82, 2.24) is 5.32 Å². The third-order valence-electron chi connectivity index (χ3n) is 5.16. The maximum Gasteiger partial charge on any atom is 0.0541 e. The number of halogens is 1. The van der Waals surface area contributed by atoms with Crippen molar-refractivity contribution < 1.29 is 0 Å². The molecule has 2 bridgehead atoms. The van der Waals surface area contributed by atoms with Gasteiger partial charge in [0.15, 0.2) is 0 Å². The van der Waals surface area contributed by atoms with Gasteiger partial charge in [-0.1, -0.05) is 30.2 Å².